The summed E-state index contributed by atoms with van der Waals surface area (Å²) in [4.78, 5) is 25.7. The zero-order valence-electron chi connectivity index (χ0n) is 16.8. The van der Waals surface area contributed by atoms with Crippen LogP contribution in [0, 0.1) is 12.7 Å². The topological polar surface area (TPSA) is 73.2 Å². The Labute approximate surface area is 173 Å². The summed E-state index contributed by atoms with van der Waals surface area (Å²) in [5, 5.41) is 7.28. The lowest BCUT2D eigenvalue weighted by Gasteiger charge is -2.23. The molecule has 2 aromatic carbocycles. The molecule has 0 radical (unpaired) electrons. The molecule has 3 aromatic rings. The standard InChI is InChI=1S/C23H22FN3O3/c1-3-11-30-18-9-7-15(8-10-18)22(29)19-13-20(28)25-23-21(19)14(2)26-27(23)17-6-4-5-16(24)12-17/h4-10,12,19H,3,11,13H2,1-2H3,(H,25,28). The minimum atomic E-state index is -0.654. The maximum atomic E-state index is 13.7. The van der Waals surface area contributed by atoms with E-state index in [1.807, 2.05) is 6.92 Å². The zero-order chi connectivity index (χ0) is 21.3. The number of benzene rings is 2. The highest BCUT2D eigenvalue weighted by molar-refractivity contribution is 6.08. The van der Waals surface area contributed by atoms with Crippen LogP contribution < -0.4 is 10.1 Å². The summed E-state index contributed by atoms with van der Waals surface area (Å²) in [5.41, 5.74) is 2.26. The van der Waals surface area contributed by atoms with E-state index in [4.69, 9.17) is 4.74 Å². The number of halogens is 1. The number of nitrogens with one attached hydrogen (secondary N) is 1. The van der Waals surface area contributed by atoms with Gasteiger partial charge >= 0.3 is 0 Å². The molecular weight excluding hydrogens is 385 g/mol. The Balaban J connectivity index is 1.70. The number of rotatable bonds is 6. The van der Waals surface area contributed by atoms with Gasteiger partial charge in [-0.1, -0.05) is 13.0 Å². The number of fused-ring (bicyclic) bond motifs is 1. The highest BCUT2D eigenvalue weighted by Crippen LogP contribution is 2.38. The van der Waals surface area contributed by atoms with Crippen LogP contribution in [0.4, 0.5) is 10.2 Å². The van der Waals surface area contributed by atoms with Gasteiger partial charge < -0.3 is 10.1 Å². The number of ketones is 1. The number of hydrogen-bond donors (Lipinski definition) is 1. The lowest BCUT2D eigenvalue weighted by atomic mass is 9.85. The van der Waals surface area contributed by atoms with E-state index in [1.165, 1.54) is 16.8 Å². The highest BCUT2D eigenvalue weighted by Gasteiger charge is 2.36. The maximum Gasteiger partial charge on any atom is 0.226 e. The molecule has 1 atom stereocenters. The minimum absolute atomic E-state index is 0.0373. The Bertz CT molecular complexity index is 1110. The van der Waals surface area contributed by atoms with Crippen molar-refractivity contribution in [3.8, 4) is 11.4 Å². The summed E-state index contributed by atoms with van der Waals surface area (Å²) >= 11 is 0. The molecule has 1 N–H and O–H groups in total. The van der Waals surface area contributed by atoms with Gasteiger partial charge in [0.05, 0.1) is 23.9 Å². The fourth-order valence-electron chi connectivity index (χ4n) is 3.70. The van der Waals surface area contributed by atoms with Crippen LogP contribution in [-0.2, 0) is 4.79 Å². The summed E-state index contributed by atoms with van der Waals surface area (Å²) < 4.78 is 20.8. The molecule has 6 nitrogen and oxygen atoms in total. The Morgan fingerprint density at radius 2 is 2.03 bits per heavy atom. The first-order valence-electron chi connectivity index (χ1n) is 9.90. The number of carbonyl (C=O) groups is 2. The van der Waals surface area contributed by atoms with E-state index < -0.39 is 11.7 Å². The number of carbonyl (C=O) groups excluding carboxylic acids is 2. The Morgan fingerprint density at radius 1 is 1.27 bits per heavy atom. The van der Waals surface area contributed by atoms with Gasteiger partial charge in [-0.15, -0.1) is 0 Å². The fourth-order valence-corrected chi connectivity index (χ4v) is 3.70. The minimum Gasteiger partial charge on any atom is -0.494 e. The molecular formula is C23H22FN3O3. The molecule has 7 heteroatoms. The van der Waals surface area contributed by atoms with Crippen molar-refractivity contribution >= 4 is 17.5 Å². The summed E-state index contributed by atoms with van der Waals surface area (Å²) in [6.07, 6.45) is 0.935. The van der Waals surface area contributed by atoms with Gasteiger partial charge in [-0.05, 0) is 55.8 Å². The van der Waals surface area contributed by atoms with Crippen molar-refractivity contribution in [2.75, 3.05) is 11.9 Å². The van der Waals surface area contributed by atoms with Crippen molar-refractivity contribution in [2.45, 2.75) is 32.6 Å². The van der Waals surface area contributed by atoms with Crippen LogP contribution >= 0.6 is 0 Å². The van der Waals surface area contributed by atoms with Crippen molar-refractivity contribution in [1.82, 2.24) is 9.78 Å². The first kappa shape index (κ1) is 19.8. The van der Waals surface area contributed by atoms with Crippen LogP contribution in [0.1, 0.15) is 47.3 Å². The van der Waals surface area contributed by atoms with Gasteiger partial charge in [0.15, 0.2) is 5.78 Å². The Hall–Kier alpha value is -3.48. The molecule has 0 bridgehead atoms. The highest BCUT2D eigenvalue weighted by atomic mass is 19.1. The number of nitrogens with zero attached hydrogens (tertiary/aromatic N) is 2. The predicted molar refractivity (Wildman–Crippen MR) is 111 cm³/mol. The average molecular weight is 407 g/mol. The van der Waals surface area contributed by atoms with E-state index in [0.29, 0.717) is 40.7 Å². The normalized spacial score (nSPS) is 15.4. The predicted octanol–water partition coefficient (Wildman–Crippen LogP) is 4.42. The van der Waals surface area contributed by atoms with Crippen molar-refractivity contribution < 1.29 is 18.7 Å². The average Bonchev–Trinajstić information content (AvgIpc) is 3.08. The van der Waals surface area contributed by atoms with Crippen LogP contribution in [-0.4, -0.2) is 28.1 Å². The largest absolute Gasteiger partial charge is 0.494 e. The van der Waals surface area contributed by atoms with E-state index in [-0.39, 0.29) is 18.1 Å². The van der Waals surface area contributed by atoms with E-state index in [9.17, 15) is 14.0 Å². The lowest BCUT2D eigenvalue weighted by molar-refractivity contribution is -0.116. The molecule has 4 rings (SSSR count). The van der Waals surface area contributed by atoms with Crippen molar-refractivity contribution in [1.29, 1.82) is 0 Å². The number of ether oxygens (including phenoxy) is 1. The van der Waals surface area contributed by atoms with Crippen LogP contribution in [0.15, 0.2) is 48.5 Å². The molecule has 0 aliphatic carbocycles. The molecule has 1 amide bonds. The van der Waals surface area contributed by atoms with Gasteiger partial charge in [-0.25, -0.2) is 9.07 Å². The molecule has 1 aliphatic heterocycles. The van der Waals surface area contributed by atoms with Crippen LogP contribution in [0.2, 0.25) is 0 Å². The van der Waals surface area contributed by atoms with Gasteiger partial charge in [0.1, 0.15) is 17.4 Å². The molecule has 1 aromatic heterocycles. The van der Waals surface area contributed by atoms with Gasteiger partial charge in [0, 0.05) is 17.5 Å². The quantitative estimate of drug-likeness (QED) is 0.614. The molecule has 0 spiro atoms. The number of aromatic nitrogens is 2. The number of amides is 1. The lowest BCUT2D eigenvalue weighted by Crippen LogP contribution is -2.28. The van der Waals surface area contributed by atoms with E-state index in [1.54, 1.807) is 43.3 Å². The molecule has 154 valence electrons. The van der Waals surface area contributed by atoms with Gasteiger partial charge in [0.2, 0.25) is 5.91 Å². The maximum absolute atomic E-state index is 13.7. The molecule has 0 saturated heterocycles. The smallest absolute Gasteiger partial charge is 0.226 e. The third kappa shape index (κ3) is 3.70. The van der Waals surface area contributed by atoms with Crippen molar-refractivity contribution in [2.24, 2.45) is 0 Å². The number of hydrogen-bond acceptors (Lipinski definition) is 4. The fraction of sp³-hybridized carbons (Fsp3) is 0.261. The third-order valence-corrected chi connectivity index (χ3v) is 5.08. The number of Topliss-reactive ketones (excluding diaryl/α,β-unsaturated/α-hetero) is 1. The zero-order valence-corrected chi connectivity index (χ0v) is 16.8. The van der Waals surface area contributed by atoms with Crippen LogP contribution in [0.5, 0.6) is 5.75 Å². The molecule has 0 fully saturated rings. The molecule has 1 aliphatic rings. The van der Waals surface area contributed by atoms with Crippen LogP contribution in [0.3, 0.4) is 0 Å². The van der Waals surface area contributed by atoms with Gasteiger partial charge in [-0.3, -0.25) is 9.59 Å². The van der Waals surface area contributed by atoms with E-state index in [2.05, 4.69) is 10.4 Å². The first-order chi connectivity index (χ1) is 14.5. The molecule has 2 heterocycles. The van der Waals surface area contributed by atoms with Crippen molar-refractivity contribution in [3.63, 3.8) is 0 Å². The first-order valence-corrected chi connectivity index (χ1v) is 9.90. The summed E-state index contributed by atoms with van der Waals surface area (Å²) in [6, 6.07) is 12.9. The summed E-state index contributed by atoms with van der Waals surface area (Å²) in [6.45, 7) is 4.42. The van der Waals surface area contributed by atoms with E-state index >= 15 is 0 Å². The summed E-state index contributed by atoms with van der Waals surface area (Å²) in [5.74, 6) is -0.384. The van der Waals surface area contributed by atoms with Crippen LogP contribution in [0.25, 0.3) is 5.69 Å². The Morgan fingerprint density at radius 3 is 2.73 bits per heavy atom. The molecule has 1 unspecified atom stereocenters. The summed E-state index contributed by atoms with van der Waals surface area (Å²) in [7, 11) is 0. The Kier molecular flexibility index (Phi) is 5.35. The second-order valence-electron chi connectivity index (χ2n) is 7.28. The molecule has 0 saturated carbocycles. The number of aryl methyl sites for hydroxylation is 1. The van der Waals surface area contributed by atoms with Gasteiger partial charge in [0.25, 0.3) is 0 Å². The number of anilines is 1. The van der Waals surface area contributed by atoms with Crippen molar-refractivity contribution in [3.05, 3.63) is 71.2 Å². The SMILES string of the molecule is CCCOc1ccc(C(=O)C2CC(=O)Nc3c2c(C)nn3-c2cccc(F)c2)cc1. The second kappa shape index (κ2) is 8.10. The third-order valence-electron chi connectivity index (χ3n) is 5.08. The second-order valence-corrected chi connectivity index (χ2v) is 7.28. The molecule has 30 heavy (non-hydrogen) atoms. The van der Waals surface area contributed by atoms with Gasteiger partial charge in [-0.2, -0.15) is 5.10 Å². The van der Waals surface area contributed by atoms with E-state index in [0.717, 1.165) is 6.42 Å². The monoisotopic (exact) mass is 407 g/mol.